The van der Waals surface area contributed by atoms with Crippen molar-refractivity contribution in [2.75, 3.05) is 16.0 Å². The molecule has 0 fully saturated rings. The number of nitro groups is 1. The predicted molar refractivity (Wildman–Crippen MR) is 122 cm³/mol. The fourth-order valence-corrected chi connectivity index (χ4v) is 3.76. The highest BCUT2D eigenvalue weighted by atomic mass is 35.5. The lowest BCUT2D eigenvalue weighted by Gasteiger charge is -2.23. The Bertz CT molecular complexity index is 1360. The first kappa shape index (κ1) is 22.2. The first-order chi connectivity index (χ1) is 15.7. The molecule has 1 aliphatic rings. The number of nitrogens with zero attached hydrogens (tertiary/aromatic N) is 2. The molecule has 3 aromatic rings. The van der Waals surface area contributed by atoms with E-state index < -0.39 is 28.2 Å². The van der Waals surface area contributed by atoms with Crippen LogP contribution < -0.4 is 21.5 Å². The Morgan fingerprint density at radius 2 is 1.97 bits per heavy atom. The summed E-state index contributed by atoms with van der Waals surface area (Å²) in [4.78, 5) is 55.0. The molecule has 1 aliphatic heterocycles. The molecule has 0 saturated heterocycles. The van der Waals surface area contributed by atoms with Gasteiger partial charge in [-0.25, -0.2) is 0 Å². The van der Waals surface area contributed by atoms with E-state index in [1.165, 1.54) is 30.3 Å². The van der Waals surface area contributed by atoms with Gasteiger partial charge in [-0.05, 0) is 24.3 Å². The minimum absolute atomic E-state index is 0.0111. The van der Waals surface area contributed by atoms with Crippen LogP contribution in [-0.2, 0) is 9.59 Å². The molecule has 13 heteroatoms. The van der Waals surface area contributed by atoms with E-state index in [0.29, 0.717) is 10.7 Å². The summed E-state index contributed by atoms with van der Waals surface area (Å²) in [5, 5.41) is 19.5. The molecule has 4 rings (SSSR count). The smallest absolute Gasteiger partial charge is 0.271 e. The molecule has 2 heterocycles. The van der Waals surface area contributed by atoms with Crippen molar-refractivity contribution in [3.8, 4) is 0 Å². The number of anilines is 4. The van der Waals surface area contributed by atoms with Gasteiger partial charge in [0.15, 0.2) is 0 Å². The first-order valence-corrected chi connectivity index (χ1v) is 10.2. The number of H-pyrrole nitrogens is 1. The molecule has 0 aliphatic carbocycles. The number of amides is 2. The standard InChI is InChI=1S/C20H14Cl2N6O5/c21-9-4-5-14(13(22)6-9)24-20-26-17-16(19(31)27-20)12(8-15(29)25-17)18(30)23-10-2-1-3-11(7-10)28(32)33/h1-7,12H,8H2,(H,23,30)(H3,24,25,26,27,29,31). The maximum Gasteiger partial charge on any atom is 0.271 e. The second kappa shape index (κ2) is 8.88. The number of rotatable bonds is 5. The minimum atomic E-state index is -1.16. The Labute approximate surface area is 195 Å². The summed E-state index contributed by atoms with van der Waals surface area (Å²) in [6, 6.07) is 9.98. The highest BCUT2D eigenvalue weighted by Crippen LogP contribution is 2.32. The molecule has 0 bridgehead atoms. The second-order valence-electron chi connectivity index (χ2n) is 7.03. The second-order valence-corrected chi connectivity index (χ2v) is 7.87. The van der Waals surface area contributed by atoms with Crippen LogP contribution >= 0.6 is 23.2 Å². The van der Waals surface area contributed by atoms with E-state index in [1.54, 1.807) is 12.1 Å². The molecule has 1 unspecified atom stereocenters. The van der Waals surface area contributed by atoms with Crippen molar-refractivity contribution in [1.82, 2.24) is 9.97 Å². The lowest BCUT2D eigenvalue weighted by Crippen LogP contribution is -2.36. The van der Waals surface area contributed by atoms with Crippen LogP contribution in [-0.4, -0.2) is 26.7 Å². The monoisotopic (exact) mass is 488 g/mol. The summed E-state index contributed by atoms with van der Waals surface area (Å²) in [6.45, 7) is 0. The van der Waals surface area contributed by atoms with Crippen LogP contribution in [0.3, 0.4) is 0 Å². The van der Waals surface area contributed by atoms with E-state index in [-0.39, 0.29) is 40.1 Å². The van der Waals surface area contributed by atoms with Gasteiger partial charge in [0.1, 0.15) is 5.82 Å². The van der Waals surface area contributed by atoms with Gasteiger partial charge in [0.05, 0.1) is 27.1 Å². The van der Waals surface area contributed by atoms with Gasteiger partial charge < -0.3 is 16.0 Å². The van der Waals surface area contributed by atoms with Crippen molar-refractivity contribution in [3.63, 3.8) is 0 Å². The van der Waals surface area contributed by atoms with Crippen molar-refractivity contribution >= 4 is 63.8 Å². The Morgan fingerprint density at radius 1 is 1.18 bits per heavy atom. The number of aromatic amines is 1. The number of benzene rings is 2. The van der Waals surface area contributed by atoms with Crippen LogP contribution in [0.15, 0.2) is 47.3 Å². The molecule has 0 radical (unpaired) electrons. The quantitative estimate of drug-likeness (QED) is 0.313. The molecule has 0 spiro atoms. The average molecular weight is 489 g/mol. The molecule has 1 atom stereocenters. The van der Waals surface area contributed by atoms with Crippen molar-refractivity contribution in [1.29, 1.82) is 0 Å². The fraction of sp³-hybridized carbons (Fsp3) is 0.100. The van der Waals surface area contributed by atoms with E-state index in [1.807, 2.05) is 0 Å². The number of non-ortho nitro benzene ring substituents is 1. The number of nitro benzene ring substituents is 1. The van der Waals surface area contributed by atoms with Gasteiger partial charge >= 0.3 is 0 Å². The van der Waals surface area contributed by atoms with Crippen molar-refractivity contribution in [2.24, 2.45) is 0 Å². The van der Waals surface area contributed by atoms with E-state index in [9.17, 15) is 24.5 Å². The van der Waals surface area contributed by atoms with Crippen molar-refractivity contribution in [2.45, 2.75) is 12.3 Å². The molecule has 1 aromatic heterocycles. The molecule has 2 amide bonds. The van der Waals surface area contributed by atoms with Gasteiger partial charge in [0.25, 0.3) is 11.2 Å². The summed E-state index contributed by atoms with van der Waals surface area (Å²) in [5.41, 5.74) is -0.337. The highest BCUT2D eigenvalue weighted by molar-refractivity contribution is 6.36. The van der Waals surface area contributed by atoms with Crippen LogP contribution in [0.1, 0.15) is 17.9 Å². The molecular formula is C20H14Cl2N6O5. The van der Waals surface area contributed by atoms with E-state index in [0.717, 1.165) is 0 Å². The van der Waals surface area contributed by atoms with Gasteiger partial charge in [-0.3, -0.25) is 29.5 Å². The predicted octanol–water partition coefficient (Wildman–Crippen LogP) is 3.79. The van der Waals surface area contributed by atoms with Crippen LogP contribution in [0, 0.1) is 10.1 Å². The fourth-order valence-electron chi connectivity index (χ4n) is 3.30. The van der Waals surface area contributed by atoms with E-state index in [4.69, 9.17) is 23.2 Å². The Balaban J connectivity index is 1.64. The number of fused-ring (bicyclic) bond motifs is 1. The van der Waals surface area contributed by atoms with Crippen LogP contribution in [0.2, 0.25) is 10.0 Å². The van der Waals surface area contributed by atoms with Gasteiger partial charge in [-0.15, -0.1) is 0 Å². The minimum Gasteiger partial charge on any atom is -0.325 e. The normalized spacial score (nSPS) is 14.7. The Hall–Kier alpha value is -3.96. The summed E-state index contributed by atoms with van der Waals surface area (Å²) < 4.78 is 0. The lowest BCUT2D eigenvalue weighted by atomic mass is 9.92. The molecule has 168 valence electrons. The van der Waals surface area contributed by atoms with Crippen LogP contribution in [0.25, 0.3) is 0 Å². The van der Waals surface area contributed by atoms with Crippen molar-refractivity contribution in [3.05, 3.63) is 78.5 Å². The van der Waals surface area contributed by atoms with Crippen LogP contribution in [0.5, 0.6) is 0 Å². The molecular weight excluding hydrogens is 475 g/mol. The number of carbonyl (C=O) groups is 2. The Morgan fingerprint density at radius 3 is 2.70 bits per heavy atom. The third-order valence-electron chi connectivity index (χ3n) is 4.78. The van der Waals surface area contributed by atoms with Crippen LogP contribution in [0.4, 0.5) is 28.8 Å². The third-order valence-corrected chi connectivity index (χ3v) is 5.32. The number of carbonyl (C=O) groups excluding carboxylic acids is 2. The number of aromatic nitrogens is 2. The zero-order chi connectivity index (χ0) is 23.7. The largest absolute Gasteiger partial charge is 0.325 e. The zero-order valence-electron chi connectivity index (χ0n) is 16.5. The first-order valence-electron chi connectivity index (χ1n) is 9.42. The maximum absolute atomic E-state index is 12.9. The molecule has 2 aromatic carbocycles. The lowest BCUT2D eigenvalue weighted by molar-refractivity contribution is -0.384. The number of halogens is 2. The highest BCUT2D eigenvalue weighted by Gasteiger charge is 2.35. The summed E-state index contributed by atoms with van der Waals surface area (Å²) in [6.07, 6.45) is -0.297. The number of hydrogen-bond acceptors (Lipinski definition) is 7. The summed E-state index contributed by atoms with van der Waals surface area (Å²) >= 11 is 12.0. The summed E-state index contributed by atoms with van der Waals surface area (Å²) in [5.74, 6) is -2.45. The third kappa shape index (κ3) is 4.78. The Kier molecular flexibility index (Phi) is 5.99. The van der Waals surface area contributed by atoms with Gasteiger partial charge in [0, 0.05) is 29.3 Å². The van der Waals surface area contributed by atoms with Gasteiger partial charge in [0.2, 0.25) is 17.8 Å². The SMILES string of the molecule is O=C1CC(C(=O)Nc2cccc([N+](=O)[O-])c2)c2c(nc(Nc3ccc(Cl)cc3Cl)[nH]c2=O)N1. The maximum atomic E-state index is 12.9. The molecule has 4 N–H and O–H groups in total. The van der Waals surface area contributed by atoms with Crippen molar-refractivity contribution < 1.29 is 14.5 Å². The topological polar surface area (TPSA) is 159 Å². The number of nitrogens with one attached hydrogen (secondary N) is 4. The van der Waals surface area contributed by atoms with E-state index in [2.05, 4.69) is 25.9 Å². The number of hydrogen-bond donors (Lipinski definition) is 4. The zero-order valence-corrected chi connectivity index (χ0v) is 18.0. The van der Waals surface area contributed by atoms with Gasteiger partial charge in [-0.1, -0.05) is 29.3 Å². The molecule has 0 saturated carbocycles. The average Bonchev–Trinajstić information content (AvgIpc) is 2.75. The van der Waals surface area contributed by atoms with Gasteiger partial charge in [-0.2, -0.15) is 4.98 Å². The molecule has 33 heavy (non-hydrogen) atoms. The molecule has 11 nitrogen and oxygen atoms in total. The summed E-state index contributed by atoms with van der Waals surface area (Å²) in [7, 11) is 0. The van der Waals surface area contributed by atoms with E-state index >= 15 is 0 Å².